The van der Waals surface area contributed by atoms with Crippen LogP contribution >= 0.6 is 0 Å². The molecule has 0 aliphatic rings. The lowest BCUT2D eigenvalue weighted by Gasteiger charge is -2.05. The van der Waals surface area contributed by atoms with Gasteiger partial charge in [-0.2, -0.15) is 0 Å². The van der Waals surface area contributed by atoms with Crippen LogP contribution in [0.25, 0.3) is 0 Å². The van der Waals surface area contributed by atoms with Crippen molar-refractivity contribution in [2.75, 3.05) is 5.32 Å². The number of aromatic carboxylic acids is 1. The molecule has 2 N–H and O–H groups in total. The standard InChI is InChI=1S/C13H15N3O3/c1-8-9(7-16(3)11(8)13(18)19)14-12(17)10-5-4-6-15(10)2/h4-7H,1-3H3,(H,14,17)(H,18,19). The van der Waals surface area contributed by atoms with Crippen LogP contribution < -0.4 is 5.32 Å². The van der Waals surface area contributed by atoms with Crippen LogP contribution in [0.1, 0.15) is 26.5 Å². The third-order valence-corrected chi connectivity index (χ3v) is 3.06. The van der Waals surface area contributed by atoms with Gasteiger partial charge in [-0.05, 0) is 19.1 Å². The van der Waals surface area contributed by atoms with Crippen molar-refractivity contribution in [3.05, 3.63) is 41.5 Å². The lowest BCUT2D eigenvalue weighted by Crippen LogP contribution is -2.15. The molecule has 100 valence electrons. The van der Waals surface area contributed by atoms with E-state index in [0.29, 0.717) is 16.9 Å². The zero-order valence-corrected chi connectivity index (χ0v) is 11.0. The average molecular weight is 261 g/mol. The van der Waals surface area contributed by atoms with Gasteiger partial charge in [0.1, 0.15) is 11.4 Å². The van der Waals surface area contributed by atoms with Crippen LogP contribution in [0.15, 0.2) is 24.5 Å². The van der Waals surface area contributed by atoms with Gasteiger partial charge >= 0.3 is 5.97 Å². The molecule has 0 fully saturated rings. The summed E-state index contributed by atoms with van der Waals surface area (Å²) in [5, 5.41) is 11.8. The van der Waals surface area contributed by atoms with Crippen LogP contribution in [-0.2, 0) is 14.1 Å². The van der Waals surface area contributed by atoms with E-state index >= 15 is 0 Å². The highest BCUT2D eigenvalue weighted by Crippen LogP contribution is 2.21. The van der Waals surface area contributed by atoms with E-state index in [-0.39, 0.29) is 11.6 Å². The molecule has 2 aromatic rings. The summed E-state index contributed by atoms with van der Waals surface area (Å²) in [6.45, 7) is 1.67. The maximum atomic E-state index is 12.1. The second-order valence-corrected chi connectivity index (χ2v) is 4.39. The molecule has 0 radical (unpaired) electrons. The number of aryl methyl sites for hydroxylation is 2. The van der Waals surface area contributed by atoms with Crippen molar-refractivity contribution in [1.82, 2.24) is 9.13 Å². The van der Waals surface area contributed by atoms with Crippen LogP contribution in [0.4, 0.5) is 5.69 Å². The third kappa shape index (κ3) is 2.24. The number of carbonyl (C=O) groups is 2. The number of amides is 1. The first-order valence-electron chi connectivity index (χ1n) is 5.73. The van der Waals surface area contributed by atoms with Gasteiger partial charge in [-0.15, -0.1) is 0 Å². The van der Waals surface area contributed by atoms with Crippen molar-refractivity contribution < 1.29 is 14.7 Å². The normalized spacial score (nSPS) is 10.5. The van der Waals surface area contributed by atoms with E-state index in [9.17, 15) is 9.59 Å². The maximum absolute atomic E-state index is 12.1. The fraction of sp³-hybridized carbons (Fsp3) is 0.231. The van der Waals surface area contributed by atoms with E-state index in [4.69, 9.17) is 5.11 Å². The molecule has 0 saturated carbocycles. The molecule has 0 aliphatic carbocycles. The summed E-state index contributed by atoms with van der Waals surface area (Å²) in [6.07, 6.45) is 3.37. The molecule has 2 aromatic heterocycles. The number of hydrogen-bond acceptors (Lipinski definition) is 2. The van der Waals surface area contributed by atoms with Crippen molar-refractivity contribution in [3.63, 3.8) is 0 Å². The molecule has 19 heavy (non-hydrogen) atoms. The zero-order valence-electron chi connectivity index (χ0n) is 11.0. The summed E-state index contributed by atoms with van der Waals surface area (Å²) in [6, 6.07) is 3.47. The maximum Gasteiger partial charge on any atom is 0.352 e. The Bertz CT molecular complexity index is 652. The summed E-state index contributed by atoms with van der Waals surface area (Å²) in [7, 11) is 3.41. The Morgan fingerprint density at radius 2 is 1.95 bits per heavy atom. The number of rotatable bonds is 3. The molecule has 6 nitrogen and oxygen atoms in total. The first kappa shape index (κ1) is 12.9. The Morgan fingerprint density at radius 1 is 1.26 bits per heavy atom. The van der Waals surface area contributed by atoms with Gasteiger partial charge in [0, 0.05) is 32.1 Å². The summed E-state index contributed by atoms with van der Waals surface area (Å²) in [5.41, 5.74) is 1.73. The lowest BCUT2D eigenvalue weighted by atomic mass is 10.2. The number of aromatic nitrogens is 2. The van der Waals surface area contributed by atoms with Gasteiger partial charge in [-0.1, -0.05) is 0 Å². The second-order valence-electron chi connectivity index (χ2n) is 4.39. The summed E-state index contributed by atoms with van der Waals surface area (Å²) in [5.74, 6) is -1.28. The van der Waals surface area contributed by atoms with E-state index in [1.165, 1.54) is 4.57 Å². The molecule has 2 rings (SSSR count). The number of nitrogens with zero attached hydrogens (tertiary/aromatic N) is 2. The van der Waals surface area contributed by atoms with Gasteiger partial charge < -0.3 is 19.6 Å². The predicted octanol–water partition coefficient (Wildman–Crippen LogP) is 1.62. The minimum absolute atomic E-state index is 0.169. The molecule has 6 heteroatoms. The molecule has 0 atom stereocenters. The summed E-state index contributed by atoms with van der Waals surface area (Å²) in [4.78, 5) is 23.1. The predicted molar refractivity (Wildman–Crippen MR) is 70.5 cm³/mol. The fourth-order valence-corrected chi connectivity index (χ4v) is 2.07. The second kappa shape index (κ2) is 4.64. The number of hydrogen-bond donors (Lipinski definition) is 2. The van der Waals surface area contributed by atoms with Gasteiger partial charge in [0.25, 0.3) is 5.91 Å². The topological polar surface area (TPSA) is 76.3 Å². The number of carbonyl (C=O) groups excluding carboxylic acids is 1. The Balaban J connectivity index is 2.30. The van der Waals surface area contributed by atoms with E-state index in [1.54, 1.807) is 50.1 Å². The SMILES string of the molecule is Cc1c(NC(=O)c2cccn2C)cn(C)c1C(=O)O. The van der Waals surface area contributed by atoms with Crippen LogP contribution in [-0.4, -0.2) is 26.1 Å². The molecular weight excluding hydrogens is 246 g/mol. The van der Waals surface area contributed by atoms with E-state index < -0.39 is 5.97 Å². The van der Waals surface area contributed by atoms with Crippen LogP contribution in [0, 0.1) is 6.92 Å². The zero-order chi connectivity index (χ0) is 14.2. The Morgan fingerprint density at radius 3 is 2.42 bits per heavy atom. The van der Waals surface area contributed by atoms with Crippen molar-refractivity contribution in [1.29, 1.82) is 0 Å². The van der Waals surface area contributed by atoms with Gasteiger partial charge in [0.15, 0.2) is 0 Å². The number of nitrogens with one attached hydrogen (secondary N) is 1. The Hall–Kier alpha value is -2.50. The fourth-order valence-electron chi connectivity index (χ4n) is 2.07. The highest BCUT2D eigenvalue weighted by molar-refractivity contribution is 6.04. The summed E-state index contributed by atoms with van der Waals surface area (Å²) < 4.78 is 3.18. The van der Waals surface area contributed by atoms with E-state index in [2.05, 4.69) is 5.32 Å². The van der Waals surface area contributed by atoms with Crippen LogP contribution in [0.3, 0.4) is 0 Å². The molecule has 0 spiro atoms. The molecule has 2 heterocycles. The minimum atomic E-state index is -1.01. The van der Waals surface area contributed by atoms with Gasteiger partial charge in [-0.25, -0.2) is 4.79 Å². The number of anilines is 1. The smallest absolute Gasteiger partial charge is 0.352 e. The highest BCUT2D eigenvalue weighted by atomic mass is 16.4. The van der Waals surface area contributed by atoms with Gasteiger partial charge in [-0.3, -0.25) is 4.79 Å². The molecular formula is C13H15N3O3. The van der Waals surface area contributed by atoms with Crippen molar-refractivity contribution in [2.24, 2.45) is 14.1 Å². The third-order valence-electron chi connectivity index (χ3n) is 3.06. The molecule has 0 bridgehead atoms. The quantitative estimate of drug-likeness (QED) is 0.881. The molecule has 0 unspecified atom stereocenters. The van der Waals surface area contributed by atoms with E-state index in [1.807, 2.05) is 0 Å². The van der Waals surface area contributed by atoms with Gasteiger partial charge in [0.2, 0.25) is 0 Å². The monoisotopic (exact) mass is 261 g/mol. The summed E-state index contributed by atoms with van der Waals surface area (Å²) >= 11 is 0. The van der Waals surface area contributed by atoms with Gasteiger partial charge in [0.05, 0.1) is 5.69 Å². The Kier molecular flexibility index (Phi) is 3.16. The van der Waals surface area contributed by atoms with E-state index in [0.717, 1.165) is 0 Å². The number of carboxylic acid groups (broad SMARTS) is 1. The molecule has 0 saturated heterocycles. The highest BCUT2D eigenvalue weighted by Gasteiger charge is 2.18. The van der Waals surface area contributed by atoms with Crippen LogP contribution in [0.5, 0.6) is 0 Å². The molecule has 1 amide bonds. The molecule has 0 aliphatic heterocycles. The lowest BCUT2D eigenvalue weighted by molar-refractivity contribution is 0.0685. The van der Waals surface area contributed by atoms with Crippen molar-refractivity contribution >= 4 is 17.6 Å². The number of carboxylic acids is 1. The Labute approximate surface area is 110 Å². The minimum Gasteiger partial charge on any atom is -0.477 e. The average Bonchev–Trinajstić information content (AvgIpc) is 2.84. The largest absolute Gasteiger partial charge is 0.477 e. The molecule has 0 aromatic carbocycles. The van der Waals surface area contributed by atoms with Crippen LogP contribution in [0.2, 0.25) is 0 Å². The first-order valence-corrected chi connectivity index (χ1v) is 5.73. The van der Waals surface area contributed by atoms with Crippen molar-refractivity contribution in [2.45, 2.75) is 6.92 Å². The first-order chi connectivity index (χ1) is 8.91. The van der Waals surface area contributed by atoms with Crippen molar-refractivity contribution in [3.8, 4) is 0 Å².